The van der Waals surface area contributed by atoms with Crippen molar-refractivity contribution in [1.29, 1.82) is 0 Å². The summed E-state index contributed by atoms with van der Waals surface area (Å²) in [5, 5.41) is 10.3. The number of ether oxygens (including phenoxy) is 1. The van der Waals surface area contributed by atoms with Crippen molar-refractivity contribution >= 4 is 16.5 Å². The van der Waals surface area contributed by atoms with Crippen molar-refractivity contribution in [2.45, 2.75) is 32.3 Å². The van der Waals surface area contributed by atoms with E-state index >= 15 is 0 Å². The highest BCUT2D eigenvalue weighted by Gasteiger charge is 2.21. The predicted molar refractivity (Wildman–Crippen MR) is 69.5 cm³/mol. The Labute approximate surface area is 106 Å². The average Bonchev–Trinajstić information content (AvgIpc) is 2.77. The van der Waals surface area contributed by atoms with E-state index in [0.29, 0.717) is 12.6 Å². The summed E-state index contributed by atoms with van der Waals surface area (Å²) < 4.78 is 5.77. The molecular formula is C11H20N4OS. The highest BCUT2D eigenvalue weighted by Crippen LogP contribution is 2.24. The Hall–Kier alpha value is -0.720. The molecule has 96 valence electrons. The van der Waals surface area contributed by atoms with Crippen molar-refractivity contribution < 1.29 is 4.74 Å². The number of piperidine rings is 1. The Morgan fingerprint density at radius 2 is 2.18 bits per heavy atom. The number of nitrogens with two attached hydrogens (primary N) is 1. The standard InChI is InChI=1S/C11H20N4OS/c1-9-13-14-11(17-9)15-6-3-10(4-7-15)16-8-2-5-12/h10H,2-8,12H2,1H3. The van der Waals surface area contributed by atoms with Crippen LogP contribution in [0.2, 0.25) is 0 Å². The molecule has 2 N–H and O–H groups in total. The van der Waals surface area contributed by atoms with E-state index in [1.54, 1.807) is 11.3 Å². The van der Waals surface area contributed by atoms with Crippen molar-refractivity contribution in [2.24, 2.45) is 5.73 Å². The first-order chi connectivity index (χ1) is 8.29. The molecule has 1 saturated heterocycles. The Morgan fingerprint density at radius 3 is 2.76 bits per heavy atom. The van der Waals surface area contributed by atoms with Gasteiger partial charge in [-0.3, -0.25) is 0 Å². The molecule has 5 nitrogen and oxygen atoms in total. The van der Waals surface area contributed by atoms with Crippen LogP contribution in [-0.4, -0.2) is 42.5 Å². The van der Waals surface area contributed by atoms with Crippen LogP contribution >= 0.6 is 11.3 Å². The van der Waals surface area contributed by atoms with Gasteiger partial charge in [0, 0.05) is 19.7 Å². The van der Waals surface area contributed by atoms with Crippen LogP contribution in [0.25, 0.3) is 0 Å². The summed E-state index contributed by atoms with van der Waals surface area (Å²) in [6.07, 6.45) is 3.49. The van der Waals surface area contributed by atoms with E-state index in [4.69, 9.17) is 10.5 Å². The maximum absolute atomic E-state index is 5.77. The summed E-state index contributed by atoms with van der Waals surface area (Å²) in [5.41, 5.74) is 5.44. The molecule has 1 aromatic heterocycles. The molecule has 0 aliphatic carbocycles. The van der Waals surface area contributed by atoms with Crippen molar-refractivity contribution in [3.05, 3.63) is 5.01 Å². The zero-order valence-electron chi connectivity index (χ0n) is 10.3. The monoisotopic (exact) mass is 256 g/mol. The molecule has 1 fully saturated rings. The van der Waals surface area contributed by atoms with Crippen LogP contribution in [0.3, 0.4) is 0 Å². The Kier molecular flexibility index (Phi) is 4.70. The Morgan fingerprint density at radius 1 is 1.41 bits per heavy atom. The first-order valence-electron chi connectivity index (χ1n) is 6.16. The minimum atomic E-state index is 0.395. The van der Waals surface area contributed by atoms with Crippen LogP contribution in [0.4, 0.5) is 5.13 Å². The third kappa shape index (κ3) is 3.62. The molecule has 6 heteroatoms. The molecule has 1 aliphatic heterocycles. The zero-order valence-corrected chi connectivity index (χ0v) is 11.1. The SMILES string of the molecule is Cc1nnc(N2CCC(OCCCN)CC2)s1. The number of anilines is 1. The van der Waals surface area contributed by atoms with Crippen LogP contribution in [0.15, 0.2) is 0 Å². The second-order valence-electron chi connectivity index (χ2n) is 4.30. The fourth-order valence-electron chi connectivity index (χ4n) is 1.96. The normalized spacial score (nSPS) is 17.6. The van der Waals surface area contributed by atoms with Crippen LogP contribution in [0.5, 0.6) is 0 Å². The van der Waals surface area contributed by atoms with Gasteiger partial charge in [-0.25, -0.2) is 0 Å². The van der Waals surface area contributed by atoms with Gasteiger partial charge < -0.3 is 15.4 Å². The van der Waals surface area contributed by atoms with Gasteiger partial charge >= 0.3 is 0 Å². The van der Waals surface area contributed by atoms with E-state index in [9.17, 15) is 0 Å². The molecule has 1 aliphatic rings. The minimum Gasteiger partial charge on any atom is -0.378 e. The second kappa shape index (κ2) is 6.28. The molecule has 0 atom stereocenters. The second-order valence-corrected chi connectivity index (χ2v) is 5.46. The quantitative estimate of drug-likeness (QED) is 0.801. The van der Waals surface area contributed by atoms with Crippen molar-refractivity contribution in [3.63, 3.8) is 0 Å². The van der Waals surface area contributed by atoms with Gasteiger partial charge in [0.05, 0.1) is 6.10 Å². The molecule has 0 saturated carbocycles. The van der Waals surface area contributed by atoms with Crippen molar-refractivity contribution in [3.8, 4) is 0 Å². The molecule has 2 rings (SSSR count). The summed E-state index contributed by atoms with van der Waals surface area (Å²) in [7, 11) is 0. The van der Waals surface area contributed by atoms with Gasteiger partial charge in [-0.15, -0.1) is 10.2 Å². The average molecular weight is 256 g/mol. The molecule has 17 heavy (non-hydrogen) atoms. The van der Waals surface area contributed by atoms with E-state index in [0.717, 1.165) is 49.1 Å². The summed E-state index contributed by atoms with van der Waals surface area (Å²) in [4.78, 5) is 2.30. The molecule has 1 aromatic rings. The van der Waals surface area contributed by atoms with Gasteiger partial charge in [-0.05, 0) is 32.7 Å². The van der Waals surface area contributed by atoms with Crippen molar-refractivity contribution in [1.82, 2.24) is 10.2 Å². The maximum Gasteiger partial charge on any atom is 0.208 e. The lowest BCUT2D eigenvalue weighted by molar-refractivity contribution is 0.0366. The number of hydrogen-bond acceptors (Lipinski definition) is 6. The number of aromatic nitrogens is 2. The van der Waals surface area contributed by atoms with Crippen LogP contribution in [0.1, 0.15) is 24.3 Å². The summed E-state index contributed by atoms with van der Waals surface area (Å²) in [6.45, 7) is 5.52. The van der Waals surface area contributed by atoms with Gasteiger partial charge in [0.25, 0.3) is 0 Å². The Balaban J connectivity index is 1.74. The molecule has 0 bridgehead atoms. The topological polar surface area (TPSA) is 64.3 Å². The van der Waals surface area contributed by atoms with Gasteiger partial charge in [-0.1, -0.05) is 11.3 Å². The molecular weight excluding hydrogens is 236 g/mol. The molecule has 0 aromatic carbocycles. The van der Waals surface area contributed by atoms with E-state index in [-0.39, 0.29) is 0 Å². The number of aryl methyl sites for hydroxylation is 1. The van der Waals surface area contributed by atoms with Gasteiger partial charge in [0.2, 0.25) is 5.13 Å². The van der Waals surface area contributed by atoms with E-state index in [1.165, 1.54) is 0 Å². The fourth-order valence-corrected chi connectivity index (χ4v) is 2.70. The van der Waals surface area contributed by atoms with Gasteiger partial charge in [0.15, 0.2) is 0 Å². The molecule has 0 radical (unpaired) electrons. The number of nitrogens with zero attached hydrogens (tertiary/aromatic N) is 3. The highest BCUT2D eigenvalue weighted by atomic mass is 32.1. The van der Waals surface area contributed by atoms with Crippen molar-refractivity contribution in [2.75, 3.05) is 31.1 Å². The first kappa shape index (κ1) is 12.7. The van der Waals surface area contributed by atoms with E-state index in [2.05, 4.69) is 15.1 Å². The first-order valence-corrected chi connectivity index (χ1v) is 6.98. The highest BCUT2D eigenvalue weighted by molar-refractivity contribution is 7.15. The lowest BCUT2D eigenvalue weighted by Crippen LogP contribution is -2.37. The maximum atomic E-state index is 5.77. The summed E-state index contributed by atoms with van der Waals surface area (Å²) in [6, 6.07) is 0. The lowest BCUT2D eigenvalue weighted by atomic mass is 10.1. The third-order valence-electron chi connectivity index (χ3n) is 2.93. The number of hydrogen-bond donors (Lipinski definition) is 1. The largest absolute Gasteiger partial charge is 0.378 e. The van der Waals surface area contributed by atoms with Crippen LogP contribution in [0, 0.1) is 6.92 Å². The molecule has 0 amide bonds. The smallest absolute Gasteiger partial charge is 0.208 e. The molecule has 0 unspecified atom stereocenters. The van der Waals surface area contributed by atoms with Gasteiger partial charge in [0.1, 0.15) is 5.01 Å². The van der Waals surface area contributed by atoms with E-state index in [1.807, 2.05) is 6.92 Å². The lowest BCUT2D eigenvalue weighted by Gasteiger charge is -2.31. The summed E-state index contributed by atoms with van der Waals surface area (Å²) in [5.74, 6) is 0. The summed E-state index contributed by atoms with van der Waals surface area (Å²) >= 11 is 1.66. The zero-order chi connectivity index (χ0) is 12.1. The predicted octanol–water partition coefficient (Wildman–Crippen LogP) is 1.18. The van der Waals surface area contributed by atoms with Crippen LogP contribution < -0.4 is 10.6 Å². The van der Waals surface area contributed by atoms with Crippen LogP contribution in [-0.2, 0) is 4.74 Å². The molecule has 0 spiro atoms. The minimum absolute atomic E-state index is 0.395. The third-order valence-corrected chi connectivity index (χ3v) is 3.83. The number of rotatable bonds is 5. The van der Waals surface area contributed by atoms with Gasteiger partial charge in [-0.2, -0.15) is 0 Å². The Bertz CT molecular complexity index is 336. The fraction of sp³-hybridized carbons (Fsp3) is 0.818. The molecule has 2 heterocycles. The van der Waals surface area contributed by atoms with E-state index < -0.39 is 0 Å².